The highest BCUT2D eigenvalue weighted by Gasteiger charge is 2.32. The van der Waals surface area contributed by atoms with Crippen molar-refractivity contribution in [3.8, 4) is 0 Å². The zero-order valence-electron chi connectivity index (χ0n) is 10.7. The topological polar surface area (TPSA) is 21.3 Å². The first-order valence-electron chi connectivity index (χ1n) is 7.23. The summed E-state index contributed by atoms with van der Waals surface area (Å²) in [7, 11) is 0. The summed E-state index contributed by atoms with van der Waals surface area (Å²) in [6.07, 6.45) is 9.67. The zero-order chi connectivity index (χ0) is 11.2. The van der Waals surface area contributed by atoms with Crippen LogP contribution in [0.5, 0.6) is 0 Å². The summed E-state index contributed by atoms with van der Waals surface area (Å²) in [4.78, 5) is 0. The quantitative estimate of drug-likeness (QED) is 0.743. The smallest absolute Gasteiger partial charge is 0.0498 e. The SMILES string of the molecule is CCCNC1CCCCCC1C1CCOC1. The van der Waals surface area contributed by atoms with Crippen LogP contribution in [0.3, 0.4) is 0 Å². The van der Waals surface area contributed by atoms with Crippen LogP contribution in [0.25, 0.3) is 0 Å². The van der Waals surface area contributed by atoms with Gasteiger partial charge in [0.15, 0.2) is 0 Å². The third kappa shape index (κ3) is 3.21. The molecule has 2 nitrogen and oxygen atoms in total. The van der Waals surface area contributed by atoms with Gasteiger partial charge in [-0.2, -0.15) is 0 Å². The Balaban J connectivity index is 1.91. The van der Waals surface area contributed by atoms with E-state index in [1.807, 2.05) is 0 Å². The number of rotatable bonds is 4. The Morgan fingerprint density at radius 3 is 2.75 bits per heavy atom. The molecule has 1 heterocycles. The molecule has 0 spiro atoms. The maximum Gasteiger partial charge on any atom is 0.0498 e. The number of nitrogens with one attached hydrogen (secondary N) is 1. The third-order valence-electron chi connectivity index (χ3n) is 4.30. The zero-order valence-corrected chi connectivity index (χ0v) is 10.7. The molecule has 0 aromatic rings. The van der Waals surface area contributed by atoms with Gasteiger partial charge in [-0.1, -0.05) is 26.2 Å². The van der Waals surface area contributed by atoms with Crippen molar-refractivity contribution in [3.05, 3.63) is 0 Å². The minimum Gasteiger partial charge on any atom is -0.381 e. The number of hydrogen-bond acceptors (Lipinski definition) is 2. The van der Waals surface area contributed by atoms with Gasteiger partial charge in [-0.25, -0.2) is 0 Å². The molecule has 16 heavy (non-hydrogen) atoms. The van der Waals surface area contributed by atoms with Gasteiger partial charge in [0.25, 0.3) is 0 Å². The summed E-state index contributed by atoms with van der Waals surface area (Å²) in [5.74, 6) is 1.73. The molecule has 1 saturated heterocycles. The maximum atomic E-state index is 5.58. The largest absolute Gasteiger partial charge is 0.381 e. The maximum absolute atomic E-state index is 5.58. The Kier molecular flexibility index (Phi) is 5.11. The Hall–Kier alpha value is -0.0800. The van der Waals surface area contributed by atoms with Crippen LogP contribution < -0.4 is 5.32 Å². The van der Waals surface area contributed by atoms with Crippen molar-refractivity contribution in [2.45, 2.75) is 57.9 Å². The molecule has 2 aliphatic rings. The van der Waals surface area contributed by atoms with Crippen LogP contribution in [0, 0.1) is 11.8 Å². The summed E-state index contributed by atoms with van der Waals surface area (Å²) in [6.45, 7) is 5.47. The molecule has 0 radical (unpaired) electrons. The molecule has 3 atom stereocenters. The van der Waals surface area contributed by atoms with Crippen molar-refractivity contribution in [1.29, 1.82) is 0 Å². The summed E-state index contributed by atoms with van der Waals surface area (Å²) in [5.41, 5.74) is 0. The van der Waals surface area contributed by atoms with Crippen LogP contribution in [-0.4, -0.2) is 25.8 Å². The lowest BCUT2D eigenvalue weighted by Gasteiger charge is -2.30. The van der Waals surface area contributed by atoms with Gasteiger partial charge in [-0.05, 0) is 44.1 Å². The summed E-state index contributed by atoms with van der Waals surface area (Å²) in [6, 6.07) is 0.772. The average Bonchev–Trinajstić information content (AvgIpc) is 2.73. The second kappa shape index (κ2) is 6.61. The van der Waals surface area contributed by atoms with Crippen molar-refractivity contribution >= 4 is 0 Å². The van der Waals surface area contributed by atoms with E-state index in [0.717, 1.165) is 31.1 Å². The molecule has 2 rings (SSSR count). The standard InChI is InChI=1S/C14H27NO/c1-2-9-15-14-7-5-3-4-6-13(14)12-8-10-16-11-12/h12-15H,2-11H2,1H3. The van der Waals surface area contributed by atoms with Gasteiger partial charge in [0.05, 0.1) is 0 Å². The molecule has 2 fully saturated rings. The van der Waals surface area contributed by atoms with Gasteiger partial charge < -0.3 is 10.1 Å². The fourth-order valence-electron chi connectivity index (χ4n) is 3.37. The van der Waals surface area contributed by atoms with Gasteiger partial charge >= 0.3 is 0 Å². The monoisotopic (exact) mass is 225 g/mol. The first kappa shape index (κ1) is 12.4. The molecule has 0 aromatic carbocycles. The Labute approximate surface area is 100 Å². The van der Waals surface area contributed by atoms with Crippen LogP contribution in [0.15, 0.2) is 0 Å². The number of ether oxygens (including phenoxy) is 1. The van der Waals surface area contributed by atoms with E-state index in [1.54, 1.807) is 0 Å². The van der Waals surface area contributed by atoms with Crippen molar-refractivity contribution in [3.63, 3.8) is 0 Å². The van der Waals surface area contributed by atoms with E-state index in [-0.39, 0.29) is 0 Å². The van der Waals surface area contributed by atoms with E-state index in [0.29, 0.717) is 0 Å². The molecule has 0 amide bonds. The fourth-order valence-corrected chi connectivity index (χ4v) is 3.37. The molecule has 0 bridgehead atoms. The van der Waals surface area contributed by atoms with Crippen molar-refractivity contribution in [2.24, 2.45) is 11.8 Å². The van der Waals surface area contributed by atoms with Gasteiger partial charge in [-0.3, -0.25) is 0 Å². The highest BCUT2D eigenvalue weighted by atomic mass is 16.5. The second-order valence-electron chi connectivity index (χ2n) is 5.49. The first-order valence-corrected chi connectivity index (χ1v) is 7.23. The predicted molar refractivity (Wildman–Crippen MR) is 67.6 cm³/mol. The van der Waals surface area contributed by atoms with Crippen molar-refractivity contribution in [2.75, 3.05) is 19.8 Å². The Morgan fingerprint density at radius 1 is 1.12 bits per heavy atom. The van der Waals surface area contributed by atoms with Crippen molar-refractivity contribution < 1.29 is 4.74 Å². The summed E-state index contributed by atoms with van der Waals surface area (Å²) < 4.78 is 5.58. The molecule has 3 unspecified atom stereocenters. The molecule has 1 N–H and O–H groups in total. The molecular weight excluding hydrogens is 198 g/mol. The van der Waals surface area contributed by atoms with Crippen LogP contribution in [0.4, 0.5) is 0 Å². The normalized spacial score (nSPS) is 36.2. The van der Waals surface area contributed by atoms with E-state index < -0.39 is 0 Å². The third-order valence-corrected chi connectivity index (χ3v) is 4.30. The van der Waals surface area contributed by atoms with Crippen LogP contribution in [-0.2, 0) is 4.74 Å². The minimum absolute atomic E-state index is 0.772. The summed E-state index contributed by atoms with van der Waals surface area (Å²) in [5, 5.41) is 3.78. The van der Waals surface area contributed by atoms with Gasteiger partial charge in [-0.15, -0.1) is 0 Å². The first-order chi connectivity index (χ1) is 7.92. The van der Waals surface area contributed by atoms with Crippen LogP contribution in [0.2, 0.25) is 0 Å². The molecule has 1 aliphatic carbocycles. The molecule has 94 valence electrons. The van der Waals surface area contributed by atoms with Gasteiger partial charge in [0.2, 0.25) is 0 Å². The lowest BCUT2D eigenvalue weighted by molar-refractivity contribution is 0.156. The average molecular weight is 225 g/mol. The van der Waals surface area contributed by atoms with E-state index in [9.17, 15) is 0 Å². The van der Waals surface area contributed by atoms with Crippen LogP contribution >= 0.6 is 0 Å². The number of hydrogen-bond donors (Lipinski definition) is 1. The van der Waals surface area contributed by atoms with Crippen molar-refractivity contribution in [1.82, 2.24) is 5.32 Å². The van der Waals surface area contributed by atoms with Gasteiger partial charge in [0.1, 0.15) is 0 Å². The predicted octanol–water partition coefficient (Wildman–Crippen LogP) is 2.97. The fraction of sp³-hybridized carbons (Fsp3) is 1.00. The highest BCUT2D eigenvalue weighted by Crippen LogP contribution is 2.33. The Bertz CT molecular complexity index is 189. The van der Waals surface area contributed by atoms with E-state index in [2.05, 4.69) is 12.2 Å². The van der Waals surface area contributed by atoms with E-state index in [1.165, 1.54) is 51.5 Å². The highest BCUT2D eigenvalue weighted by molar-refractivity contribution is 4.85. The molecular formula is C14H27NO. The Morgan fingerprint density at radius 2 is 2.00 bits per heavy atom. The molecule has 0 aromatic heterocycles. The van der Waals surface area contributed by atoms with E-state index >= 15 is 0 Å². The molecule has 1 saturated carbocycles. The van der Waals surface area contributed by atoms with E-state index in [4.69, 9.17) is 4.74 Å². The minimum atomic E-state index is 0.772. The lowest BCUT2D eigenvalue weighted by Crippen LogP contribution is -2.39. The molecule has 2 heteroatoms. The molecule has 1 aliphatic heterocycles. The van der Waals surface area contributed by atoms with Gasteiger partial charge in [0, 0.05) is 19.3 Å². The van der Waals surface area contributed by atoms with Crippen LogP contribution in [0.1, 0.15) is 51.9 Å². The second-order valence-corrected chi connectivity index (χ2v) is 5.49. The summed E-state index contributed by atoms with van der Waals surface area (Å²) >= 11 is 0. The lowest BCUT2D eigenvalue weighted by atomic mass is 9.82.